The van der Waals surface area contributed by atoms with E-state index in [-0.39, 0.29) is 51.1 Å². The third-order valence-corrected chi connectivity index (χ3v) is 14.7. The number of esters is 1. The van der Waals surface area contributed by atoms with Crippen LogP contribution in [0.1, 0.15) is 126 Å². The lowest BCUT2D eigenvalue weighted by molar-refractivity contribution is -0.222. The zero-order valence-corrected chi connectivity index (χ0v) is 30.3. The fourth-order valence-corrected chi connectivity index (χ4v) is 11.7. The molecule has 0 heterocycles. The number of carbonyl (C=O) groups is 5. The Kier molecular flexibility index (Phi) is 9.31. The lowest BCUT2D eigenvalue weighted by Gasteiger charge is -2.70. The number of allylic oxidation sites excluding steroid dienone is 2. The van der Waals surface area contributed by atoms with Crippen molar-refractivity contribution in [2.45, 2.75) is 132 Å². The van der Waals surface area contributed by atoms with E-state index in [0.29, 0.717) is 30.2 Å². The van der Waals surface area contributed by atoms with Gasteiger partial charge in [0.2, 0.25) is 0 Å². The van der Waals surface area contributed by atoms with Gasteiger partial charge >= 0.3 is 17.9 Å². The van der Waals surface area contributed by atoms with Crippen molar-refractivity contribution < 1.29 is 43.8 Å². The second kappa shape index (κ2) is 12.2. The van der Waals surface area contributed by atoms with Crippen molar-refractivity contribution in [2.75, 3.05) is 13.7 Å². The maximum atomic E-state index is 14.6. The fourth-order valence-electron chi connectivity index (χ4n) is 11.7. The van der Waals surface area contributed by atoms with Gasteiger partial charge in [0.1, 0.15) is 0 Å². The van der Waals surface area contributed by atoms with Gasteiger partial charge in [0.05, 0.1) is 32.0 Å². The van der Waals surface area contributed by atoms with Crippen LogP contribution in [0.4, 0.5) is 0 Å². The average molecular weight is 672 g/mol. The number of ether oxygens (including phenoxy) is 1. The Morgan fingerprint density at radius 3 is 2.19 bits per heavy atom. The van der Waals surface area contributed by atoms with Crippen molar-refractivity contribution >= 4 is 29.6 Å². The van der Waals surface area contributed by atoms with Gasteiger partial charge < -0.3 is 19.8 Å². The molecule has 0 aromatic rings. The van der Waals surface area contributed by atoms with Crippen LogP contribution in [-0.4, -0.2) is 64.6 Å². The third kappa shape index (κ3) is 5.52. The van der Waals surface area contributed by atoms with Crippen LogP contribution in [0, 0.1) is 50.2 Å². The Hall–Kier alpha value is -2.75. The highest BCUT2D eigenvalue weighted by atomic mass is 16.7. The Morgan fingerprint density at radius 1 is 0.917 bits per heavy atom. The summed E-state index contributed by atoms with van der Waals surface area (Å²) in [5, 5.41) is 20.4. The summed E-state index contributed by atoms with van der Waals surface area (Å²) in [6, 6.07) is -1.81. The highest BCUT2D eigenvalue weighted by Gasteiger charge is 2.69. The number of hydrogen-bond donors (Lipinski definition) is 2. The van der Waals surface area contributed by atoms with Gasteiger partial charge in [0.25, 0.3) is 5.91 Å². The van der Waals surface area contributed by atoms with Crippen molar-refractivity contribution in [3.8, 4) is 0 Å². The topological polar surface area (TPSA) is 148 Å². The van der Waals surface area contributed by atoms with Crippen LogP contribution in [0.15, 0.2) is 11.6 Å². The van der Waals surface area contributed by atoms with Crippen LogP contribution in [0.2, 0.25) is 0 Å². The Bertz CT molecular complexity index is 1400. The third-order valence-electron chi connectivity index (χ3n) is 14.7. The molecule has 0 saturated heterocycles. The number of fused-ring (bicyclic) bond motifs is 7. The minimum absolute atomic E-state index is 0.0705. The fraction of sp³-hybridized carbons (Fsp3) is 0.816. The van der Waals surface area contributed by atoms with Gasteiger partial charge in [-0.2, -0.15) is 5.06 Å². The zero-order valence-electron chi connectivity index (χ0n) is 30.3. The van der Waals surface area contributed by atoms with Crippen molar-refractivity contribution in [2.24, 2.45) is 50.2 Å². The molecule has 10 heteroatoms. The highest BCUT2D eigenvalue weighted by molar-refractivity contribution is 5.96. The number of amides is 1. The number of carboxylic acid groups (broad SMARTS) is 1. The van der Waals surface area contributed by atoms with Crippen LogP contribution >= 0.6 is 0 Å². The molecule has 0 radical (unpaired) electrons. The van der Waals surface area contributed by atoms with E-state index in [2.05, 4.69) is 46.3 Å². The summed E-state index contributed by atoms with van der Waals surface area (Å²) >= 11 is 0. The number of rotatable bonds is 7. The van der Waals surface area contributed by atoms with E-state index in [4.69, 9.17) is 4.84 Å². The van der Waals surface area contributed by atoms with Crippen molar-refractivity contribution in [1.29, 1.82) is 0 Å². The molecule has 4 fully saturated rings. The van der Waals surface area contributed by atoms with Gasteiger partial charge in [-0.3, -0.25) is 14.4 Å². The lowest BCUT2D eigenvalue weighted by Crippen LogP contribution is -2.65. The van der Waals surface area contributed by atoms with E-state index in [1.807, 2.05) is 6.08 Å². The Balaban J connectivity index is 1.50. The minimum atomic E-state index is -1.81. The van der Waals surface area contributed by atoms with Gasteiger partial charge in [0.15, 0.2) is 11.8 Å². The summed E-state index contributed by atoms with van der Waals surface area (Å²) < 4.78 is 4.58. The molecule has 0 aromatic heterocycles. The first-order chi connectivity index (χ1) is 22.2. The molecule has 9 atom stereocenters. The standard InChI is InChI=1S/C38H57NO9/c1-33(2)13-9-14-36(5)27(33)12-15-38(7)30(36)26(41)20-23-24-21-35(4,17-16-34(24,3)18-19-37(23,38)6)32(46)39(25(22-40)31(44)45)48-29(43)11-10-28(42)47-8/h20,24-25,27,30,40H,9-19,21-22H2,1-8H3,(H,44,45)/t24-,25-,27?,30?,34+,35?,36-,37+,38+/m0/s1. The molecule has 1 amide bonds. The molecule has 0 aliphatic heterocycles. The molecule has 0 aromatic carbocycles. The van der Waals surface area contributed by atoms with E-state index in [1.165, 1.54) is 13.5 Å². The molecule has 4 saturated carbocycles. The van der Waals surface area contributed by atoms with Gasteiger partial charge in [-0.1, -0.05) is 60.5 Å². The number of methoxy groups -OCH3 is 1. The largest absolute Gasteiger partial charge is 0.480 e. The van der Waals surface area contributed by atoms with E-state index >= 15 is 0 Å². The molecule has 5 aliphatic carbocycles. The maximum Gasteiger partial charge on any atom is 0.333 e. The number of carboxylic acids is 1. The molecular formula is C38H57NO9. The van der Waals surface area contributed by atoms with Crippen LogP contribution < -0.4 is 0 Å². The van der Waals surface area contributed by atoms with E-state index < -0.39 is 48.3 Å². The number of aliphatic carboxylic acids is 1. The SMILES string of the molecule is COC(=O)CCC(=O)ON(C(=O)C1(C)CC[C@]2(C)CC[C@]3(C)C(=CC(=O)C4[C@@]5(C)CCCC(C)(C)C5CC[C@]43C)[C@@H]2C1)[C@@H](CO)C(=O)O. The summed E-state index contributed by atoms with van der Waals surface area (Å²) in [6.07, 6.45) is 10.1. The minimum Gasteiger partial charge on any atom is -0.480 e. The second-order valence-electron chi connectivity index (χ2n) is 17.8. The summed E-state index contributed by atoms with van der Waals surface area (Å²) in [6.45, 7) is 14.9. The van der Waals surface area contributed by atoms with Crippen LogP contribution in [0.25, 0.3) is 0 Å². The highest BCUT2D eigenvalue weighted by Crippen LogP contribution is 2.75. The molecule has 5 rings (SSSR count). The normalized spacial score (nSPS) is 40.5. The van der Waals surface area contributed by atoms with E-state index in [1.54, 1.807) is 6.92 Å². The smallest absolute Gasteiger partial charge is 0.333 e. The quantitative estimate of drug-likeness (QED) is 0.244. The van der Waals surface area contributed by atoms with Crippen LogP contribution in [0.5, 0.6) is 0 Å². The van der Waals surface area contributed by atoms with Crippen LogP contribution in [-0.2, 0) is 33.5 Å². The predicted octanol–water partition coefficient (Wildman–Crippen LogP) is 6.04. The van der Waals surface area contributed by atoms with Gasteiger partial charge in [-0.15, -0.1) is 0 Å². The first-order valence-electron chi connectivity index (χ1n) is 17.9. The number of carbonyl (C=O) groups excluding carboxylic acids is 4. The molecule has 10 nitrogen and oxygen atoms in total. The molecule has 48 heavy (non-hydrogen) atoms. The van der Waals surface area contributed by atoms with Crippen molar-refractivity contribution in [3.05, 3.63) is 11.6 Å². The van der Waals surface area contributed by atoms with Crippen LogP contribution in [0.3, 0.4) is 0 Å². The number of hydroxylamine groups is 2. The van der Waals surface area contributed by atoms with E-state index in [0.717, 1.165) is 44.1 Å². The predicted molar refractivity (Wildman–Crippen MR) is 177 cm³/mol. The number of ketones is 1. The van der Waals surface area contributed by atoms with Gasteiger partial charge in [-0.25, -0.2) is 9.59 Å². The monoisotopic (exact) mass is 671 g/mol. The van der Waals surface area contributed by atoms with Crippen molar-refractivity contribution in [3.63, 3.8) is 0 Å². The summed E-state index contributed by atoms with van der Waals surface area (Å²) in [4.78, 5) is 70.9. The second-order valence-corrected chi connectivity index (χ2v) is 17.8. The zero-order chi connectivity index (χ0) is 35.7. The average Bonchev–Trinajstić information content (AvgIpc) is 3.00. The number of aliphatic hydroxyl groups is 1. The lowest BCUT2D eigenvalue weighted by atomic mass is 9.33. The number of nitrogens with zero attached hydrogens (tertiary/aromatic N) is 1. The molecule has 0 spiro atoms. The number of aliphatic hydroxyl groups excluding tert-OH is 1. The first-order valence-corrected chi connectivity index (χ1v) is 17.9. The Labute approximate surface area is 285 Å². The van der Waals surface area contributed by atoms with Gasteiger partial charge in [0, 0.05) is 5.92 Å². The maximum absolute atomic E-state index is 14.6. The first kappa shape index (κ1) is 36.5. The summed E-state index contributed by atoms with van der Waals surface area (Å²) in [7, 11) is 1.18. The number of hydrogen-bond acceptors (Lipinski definition) is 8. The molecule has 5 aliphatic rings. The van der Waals surface area contributed by atoms with Crippen molar-refractivity contribution in [1.82, 2.24) is 5.06 Å². The molecule has 268 valence electrons. The van der Waals surface area contributed by atoms with Gasteiger partial charge in [-0.05, 0) is 103 Å². The molecule has 2 N–H and O–H groups in total. The Morgan fingerprint density at radius 2 is 1.56 bits per heavy atom. The molecule has 0 bridgehead atoms. The summed E-state index contributed by atoms with van der Waals surface area (Å²) in [5.74, 6) is -3.32. The molecule has 3 unspecified atom stereocenters. The molecular weight excluding hydrogens is 614 g/mol. The summed E-state index contributed by atoms with van der Waals surface area (Å²) in [5.41, 5.74) is -0.550. The van der Waals surface area contributed by atoms with E-state index in [9.17, 15) is 34.2 Å².